The fourth-order valence-electron chi connectivity index (χ4n) is 5.95. The van der Waals surface area contributed by atoms with E-state index in [1.807, 2.05) is 59.0 Å². The summed E-state index contributed by atoms with van der Waals surface area (Å²) in [4.78, 5) is 49.0. The van der Waals surface area contributed by atoms with Crippen molar-refractivity contribution in [3.8, 4) is 11.5 Å². The van der Waals surface area contributed by atoms with Gasteiger partial charge in [-0.05, 0) is 79.8 Å². The zero-order valence-electron chi connectivity index (χ0n) is 23.6. The number of hydrogen-bond donors (Lipinski definition) is 0. The van der Waals surface area contributed by atoms with Crippen LogP contribution in [0.15, 0.2) is 72.8 Å². The summed E-state index contributed by atoms with van der Waals surface area (Å²) in [6.45, 7) is 2.85. The van der Waals surface area contributed by atoms with Crippen molar-refractivity contribution in [2.75, 3.05) is 24.5 Å². The number of rotatable bonds is 7. The molecule has 42 heavy (non-hydrogen) atoms. The molecule has 2 aliphatic heterocycles. The van der Waals surface area contributed by atoms with Gasteiger partial charge in [0.1, 0.15) is 23.9 Å². The Balaban J connectivity index is 1.28. The third-order valence-corrected chi connectivity index (χ3v) is 8.47. The Morgan fingerprint density at radius 1 is 1.00 bits per heavy atom. The molecular formula is C32H32ClN5O4. The number of likely N-dealkylation sites (tertiary alicyclic amines) is 1. The van der Waals surface area contributed by atoms with Crippen molar-refractivity contribution in [1.29, 1.82) is 0 Å². The molecule has 9 nitrogen and oxygen atoms in total. The summed E-state index contributed by atoms with van der Waals surface area (Å²) in [5, 5.41) is 0.587. The van der Waals surface area contributed by atoms with Crippen LogP contribution in [0, 0.1) is 5.92 Å². The fraction of sp³-hybridized carbons (Fsp3) is 0.312. The number of carbonyl (C=O) groups excluding carboxylic acids is 3. The van der Waals surface area contributed by atoms with E-state index in [4.69, 9.17) is 21.3 Å². The number of anilines is 1. The van der Waals surface area contributed by atoms with Crippen LogP contribution in [0.1, 0.15) is 38.1 Å². The normalized spacial score (nSPS) is 16.9. The molecule has 1 atom stereocenters. The van der Waals surface area contributed by atoms with Gasteiger partial charge in [-0.2, -0.15) is 0 Å². The summed E-state index contributed by atoms with van der Waals surface area (Å²) in [7, 11) is 1.89. The summed E-state index contributed by atoms with van der Waals surface area (Å²) in [5.74, 6) is 1.99. The second-order valence-electron chi connectivity index (χ2n) is 10.9. The Labute approximate surface area is 249 Å². The standard InChI is InChI=1S/C32H32ClN5O4/c1-21(39)36-16-14-22(15-17-36)18-29(31-34-27-13-8-23(33)19-28(27)35(31)2)38-30(40)20-37(32(38)41)24-9-11-26(12-10-24)42-25-6-4-3-5-7-25/h3-13,19,22,29H,14-18,20H2,1-2H3/t29-/m0/s1. The minimum Gasteiger partial charge on any atom is -0.457 e. The van der Waals surface area contributed by atoms with Gasteiger partial charge >= 0.3 is 6.03 Å². The van der Waals surface area contributed by atoms with Crippen molar-refractivity contribution in [3.63, 3.8) is 0 Å². The summed E-state index contributed by atoms with van der Waals surface area (Å²) in [6, 6.07) is 21.1. The van der Waals surface area contributed by atoms with Gasteiger partial charge in [0, 0.05) is 37.8 Å². The number of aromatic nitrogens is 2. The Morgan fingerprint density at radius 2 is 1.69 bits per heavy atom. The lowest BCUT2D eigenvalue weighted by atomic mass is 9.89. The fourth-order valence-corrected chi connectivity index (χ4v) is 6.11. The number of amides is 4. The third-order valence-electron chi connectivity index (χ3n) is 8.23. The van der Waals surface area contributed by atoms with Gasteiger partial charge in [-0.3, -0.25) is 19.4 Å². The molecule has 0 saturated carbocycles. The number of halogens is 1. The molecule has 0 spiro atoms. The highest BCUT2D eigenvalue weighted by molar-refractivity contribution is 6.31. The molecule has 2 fully saturated rings. The van der Waals surface area contributed by atoms with E-state index in [-0.39, 0.29) is 30.3 Å². The van der Waals surface area contributed by atoms with Crippen LogP contribution in [0.3, 0.4) is 0 Å². The number of carbonyl (C=O) groups is 3. The second kappa shape index (κ2) is 11.5. The van der Waals surface area contributed by atoms with Gasteiger partial charge in [0.25, 0.3) is 5.91 Å². The number of hydrogen-bond acceptors (Lipinski definition) is 5. The molecule has 0 bridgehead atoms. The highest BCUT2D eigenvalue weighted by atomic mass is 35.5. The molecule has 0 aliphatic carbocycles. The first-order valence-corrected chi connectivity index (χ1v) is 14.5. The van der Waals surface area contributed by atoms with Crippen LogP contribution in [0.4, 0.5) is 10.5 Å². The van der Waals surface area contributed by atoms with Crippen LogP contribution >= 0.6 is 11.6 Å². The van der Waals surface area contributed by atoms with Crippen LogP contribution in [-0.4, -0.2) is 56.8 Å². The van der Waals surface area contributed by atoms with Crippen molar-refractivity contribution in [3.05, 3.63) is 83.6 Å². The van der Waals surface area contributed by atoms with Gasteiger partial charge in [-0.15, -0.1) is 0 Å². The minimum atomic E-state index is -0.569. The topological polar surface area (TPSA) is 88.0 Å². The molecule has 1 aromatic heterocycles. The lowest BCUT2D eigenvalue weighted by Crippen LogP contribution is -2.41. The number of nitrogens with zero attached hydrogens (tertiary/aromatic N) is 5. The number of benzene rings is 3. The number of ether oxygens (including phenoxy) is 1. The molecule has 216 valence electrons. The molecule has 2 aliphatic rings. The van der Waals surface area contributed by atoms with E-state index in [1.54, 1.807) is 37.3 Å². The number of piperidine rings is 1. The van der Waals surface area contributed by atoms with Gasteiger partial charge < -0.3 is 14.2 Å². The first kappa shape index (κ1) is 27.8. The molecular weight excluding hydrogens is 554 g/mol. The summed E-state index contributed by atoms with van der Waals surface area (Å²) >= 11 is 6.28. The summed E-state index contributed by atoms with van der Waals surface area (Å²) in [6.07, 6.45) is 2.16. The Morgan fingerprint density at radius 3 is 2.38 bits per heavy atom. The van der Waals surface area contributed by atoms with Crippen molar-refractivity contribution in [2.45, 2.75) is 32.2 Å². The largest absolute Gasteiger partial charge is 0.457 e. The molecule has 3 aromatic carbocycles. The maximum absolute atomic E-state index is 14.0. The zero-order valence-corrected chi connectivity index (χ0v) is 24.3. The van der Waals surface area contributed by atoms with E-state index in [9.17, 15) is 14.4 Å². The third kappa shape index (κ3) is 5.44. The van der Waals surface area contributed by atoms with E-state index in [1.165, 1.54) is 9.80 Å². The quantitative estimate of drug-likeness (QED) is 0.242. The zero-order chi connectivity index (χ0) is 29.4. The monoisotopic (exact) mass is 585 g/mol. The first-order valence-electron chi connectivity index (χ1n) is 14.1. The van der Waals surface area contributed by atoms with Gasteiger partial charge in [-0.25, -0.2) is 9.78 Å². The number of fused-ring (bicyclic) bond motifs is 1. The summed E-state index contributed by atoms with van der Waals surface area (Å²) in [5.41, 5.74) is 2.19. The lowest BCUT2D eigenvalue weighted by molar-refractivity contribution is -0.130. The number of urea groups is 1. The summed E-state index contributed by atoms with van der Waals surface area (Å²) < 4.78 is 7.82. The molecule has 0 radical (unpaired) electrons. The predicted octanol–water partition coefficient (Wildman–Crippen LogP) is 6.18. The van der Waals surface area contributed by atoms with Crippen LogP contribution in [-0.2, 0) is 16.6 Å². The maximum atomic E-state index is 14.0. The van der Waals surface area contributed by atoms with Crippen LogP contribution in [0.5, 0.6) is 11.5 Å². The lowest BCUT2D eigenvalue weighted by Gasteiger charge is -2.35. The van der Waals surface area contributed by atoms with E-state index >= 15 is 0 Å². The van der Waals surface area contributed by atoms with Gasteiger partial charge in [0.05, 0.1) is 17.1 Å². The van der Waals surface area contributed by atoms with E-state index < -0.39 is 6.04 Å². The molecule has 0 unspecified atom stereocenters. The van der Waals surface area contributed by atoms with E-state index in [0.29, 0.717) is 47.5 Å². The minimum absolute atomic E-state index is 0.0627. The average molecular weight is 586 g/mol. The van der Waals surface area contributed by atoms with Crippen molar-refractivity contribution in [1.82, 2.24) is 19.4 Å². The number of aryl methyl sites for hydroxylation is 1. The SMILES string of the molecule is CC(=O)N1CCC(C[C@@H](c2nc3ccc(Cl)cc3n2C)N2C(=O)CN(c3ccc(Oc4ccccc4)cc3)C2=O)CC1. The smallest absolute Gasteiger partial charge is 0.332 e. The Hall–Kier alpha value is -4.37. The van der Waals surface area contributed by atoms with Gasteiger partial charge in [-0.1, -0.05) is 29.8 Å². The number of para-hydroxylation sites is 1. The molecule has 3 heterocycles. The molecule has 2 saturated heterocycles. The highest BCUT2D eigenvalue weighted by Crippen LogP contribution is 2.37. The molecule has 4 aromatic rings. The van der Waals surface area contributed by atoms with Crippen LogP contribution in [0.25, 0.3) is 11.0 Å². The maximum Gasteiger partial charge on any atom is 0.332 e. The van der Waals surface area contributed by atoms with Crippen molar-refractivity contribution < 1.29 is 19.1 Å². The van der Waals surface area contributed by atoms with Crippen LogP contribution < -0.4 is 9.64 Å². The average Bonchev–Trinajstić information content (AvgIpc) is 3.47. The molecule has 6 rings (SSSR count). The molecule has 0 N–H and O–H groups in total. The van der Waals surface area contributed by atoms with Crippen LogP contribution in [0.2, 0.25) is 5.02 Å². The van der Waals surface area contributed by atoms with Crippen molar-refractivity contribution in [2.24, 2.45) is 13.0 Å². The Bertz CT molecular complexity index is 1630. The molecule has 10 heteroatoms. The van der Waals surface area contributed by atoms with Crippen molar-refractivity contribution >= 4 is 46.2 Å². The first-order chi connectivity index (χ1) is 20.3. The second-order valence-corrected chi connectivity index (χ2v) is 11.3. The predicted molar refractivity (Wildman–Crippen MR) is 161 cm³/mol. The van der Waals surface area contributed by atoms with Gasteiger partial charge in [0.2, 0.25) is 5.91 Å². The van der Waals surface area contributed by atoms with E-state index in [0.717, 1.165) is 23.9 Å². The number of imidazole rings is 1. The van der Waals surface area contributed by atoms with Gasteiger partial charge in [0.15, 0.2) is 0 Å². The highest BCUT2D eigenvalue weighted by Gasteiger charge is 2.44. The van der Waals surface area contributed by atoms with E-state index in [2.05, 4.69) is 0 Å². The Kier molecular flexibility index (Phi) is 7.60. The molecule has 4 amide bonds. The number of imide groups is 1.